The van der Waals surface area contributed by atoms with Crippen LogP contribution in [-0.2, 0) is 10.1 Å². The van der Waals surface area contributed by atoms with Gasteiger partial charge in [0.2, 0.25) is 0 Å². The van der Waals surface area contributed by atoms with Crippen LogP contribution in [0.2, 0.25) is 0 Å². The number of ether oxygens (including phenoxy) is 1. The number of hydrogen-bond acceptors (Lipinski definition) is 1. The second-order valence-corrected chi connectivity index (χ2v) is 7.58. The van der Waals surface area contributed by atoms with E-state index in [0.717, 1.165) is 44.4 Å². The molecular formula is C21H21ClF4O. The van der Waals surface area contributed by atoms with Crippen molar-refractivity contribution in [1.29, 1.82) is 0 Å². The summed E-state index contributed by atoms with van der Waals surface area (Å²) in [5.41, 5.74) is 0.524. The van der Waals surface area contributed by atoms with E-state index < -0.39 is 22.6 Å². The molecule has 1 fully saturated rings. The number of halogens is 5. The maximum atomic E-state index is 13.9. The first-order chi connectivity index (χ1) is 12.8. The number of alkyl halides is 3. The molecule has 0 saturated heterocycles. The molecular weight excluding hydrogens is 380 g/mol. The average Bonchev–Trinajstić information content (AvgIpc) is 2.61. The number of hydrogen-bond donors (Lipinski definition) is 0. The van der Waals surface area contributed by atoms with E-state index in [1.165, 1.54) is 5.56 Å². The van der Waals surface area contributed by atoms with Gasteiger partial charge in [-0.25, -0.2) is 8.78 Å². The Balaban J connectivity index is 1.76. The third-order valence-corrected chi connectivity index (χ3v) is 5.48. The minimum absolute atomic E-state index is 0.199. The van der Waals surface area contributed by atoms with Gasteiger partial charge in [0.05, 0.1) is 0 Å². The van der Waals surface area contributed by atoms with Crippen LogP contribution in [0.25, 0.3) is 11.1 Å². The monoisotopic (exact) mass is 400 g/mol. The van der Waals surface area contributed by atoms with Crippen molar-refractivity contribution in [3.63, 3.8) is 0 Å². The summed E-state index contributed by atoms with van der Waals surface area (Å²) in [6.45, 7) is 0.792. The molecule has 0 bridgehead atoms. The molecule has 1 aliphatic rings. The first-order valence-corrected chi connectivity index (χ1v) is 9.33. The summed E-state index contributed by atoms with van der Waals surface area (Å²) in [7, 11) is 1.72. The van der Waals surface area contributed by atoms with Crippen LogP contribution in [0.4, 0.5) is 17.6 Å². The second kappa shape index (κ2) is 8.19. The van der Waals surface area contributed by atoms with Crippen LogP contribution in [0.1, 0.15) is 42.7 Å². The lowest BCUT2D eigenvalue weighted by Crippen LogP contribution is -2.17. The van der Waals surface area contributed by atoms with Gasteiger partial charge in [0.15, 0.2) is 0 Å². The standard InChI is InChI=1S/C21H21ClF4O/c1-27-12-13-2-4-14(5-3-13)15-6-8-16(9-7-15)17-10-18(23)20(19(24)11-17)21(22,25)26/h6-11,13-14H,2-5,12H2,1H3. The number of methoxy groups -OCH3 is 1. The van der Waals surface area contributed by atoms with E-state index in [9.17, 15) is 17.6 Å². The van der Waals surface area contributed by atoms with Gasteiger partial charge in [0.25, 0.3) is 0 Å². The lowest BCUT2D eigenvalue weighted by atomic mass is 9.79. The Morgan fingerprint density at radius 1 is 0.963 bits per heavy atom. The summed E-state index contributed by atoms with van der Waals surface area (Å²) in [5.74, 6) is -1.65. The van der Waals surface area contributed by atoms with Crippen molar-refractivity contribution >= 4 is 11.6 Å². The summed E-state index contributed by atoms with van der Waals surface area (Å²) in [6.07, 6.45) is 4.39. The minimum atomic E-state index is -4.09. The van der Waals surface area contributed by atoms with E-state index in [-0.39, 0.29) is 5.56 Å². The third kappa shape index (κ3) is 4.64. The third-order valence-electron chi connectivity index (χ3n) is 5.29. The summed E-state index contributed by atoms with van der Waals surface area (Å²) in [4.78, 5) is 0. The fourth-order valence-electron chi connectivity index (χ4n) is 3.86. The highest BCUT2D eigenvalue weighted by atomic mass is 35.5. The highest BCUT2D eigenvalue weighted by Crippen LogP contribution is 2.39. The fraction of sp³-hybridized carbons (Fsp3) is 0.429. The Kier molecular flexibility index (Phi) is 6.11. The van der Waals surface area contributed by atoms with Crippen LogP contribution >= 0.6 is 11.6 Å². The van der Waals surface area contributed by atoms with Crippen LogP contribution in [0.15, 0.2) is 36.4 Å². The van der Waals surface area contributed by atoms with Gasteiger partial charge in [-0.15, -0.1) is 0 Å². The lowest BCUT2D eigenvalue weighted by Gasteiger charge is -2.28. The van der Waals surface area contributed by atoms with E-state index in [2.05, 4.69) is 0 Å². The SMILES string of the molecule is COCC1CCC(c2ccc(-c3cc(F)c(C(F)(F)Cl)c(F)c3)cc2)CC1. The predicted molar refractivity (Wildman–Crippen MR) is 98.1 cm³/mol. The molecule has 2 aromatic rings. The molecule has 1 nitrogen and oxygen atoms in total. The van der Waals surface area contributed by atoms with Gasteiger partial charge in [0.1, 0.15) is 17.2 Å². The quantitative estimate of drug-likeness (QED) is 0.394. The zero-order valence-electron chi connectivity index (χ0n) is 15.0. The van der Waals surface area contributed by atoms with E-state index >= 15 is 0 Å². The maximum absolute atomic E-state index is 13.9. The molecule has 0 aromatic heterocycles. The topological polar surface area (TPSA) is 9.23 Å². The normalized spacial score (nSPS) is 20.7. The van der Waals surface area contributed by atoms with Crippen molar-refractivity contribution in [2.45, 2.75) is 37.0 Å². The molecule has 3 rings (SSSR count). The van der Waals surface area contributed by atoms with E-state index in [1.807, 2.05) is 12.1 Å². The Labute approximate surface area is 161 Å². The molecule has 1 aliphatic carbocycles. The summed E-state index contributed by atoms with van der Waals surface area (Å²) < 4.78 is 59.4. The van der Waals surface area contributed by atoms with Crippen molar-refractivity contribution in [2.24, 2.45) is 5.92 Å². The van der Waals surface area contributed by atoms with Gasteiger partial charge in [-0.3, -0.25) is 0 Å². The summed E-state index contributed by atoms with van der Waals surface area (Å²) in [5, 5.41) is -4.09. The van der Waals surface area contributed by atoms with Crippen LogP contribution in [-0.4, -0.2) is 13.7 Å². The molecule has 6 heteroatoms. The highest BCUT2D eigenvalue weighted by molar-refractivity contribution is 6.21. The molecule has 0 radical (unpaired) electrons. The molecule has 0 spiro atoms. The van der Waals surface area contributed by atoms with Crippen molar-refractivity contribution in [1.82, 2.24) is 0 Å². The van der Waals surface area contributed by atoms with Crippen molar-refractivity contribution in [2.75, 3.05) is 13.7 Å². The minimum Gasteiger partial charge on any atom is -0.384 e. The molecule has 0 atom stereocenters. The molecule has 0 N–H and O–H groups in total. The molecule has 0 aliphatic heterocycles. The van der Waals surface area contributed by atoms with Crippen molar-refractivity contribution in [3.05, 3.63) is 59.2 Å². The Morgan fingerprint density at radius 3 is 2.00 bits per heavy atom. The van der Waals surface area contributed by atoms with Crippen LogP contribution in [0.5, 0.6) is 0 Å². The van der Waals surface area contributed by atoms with E-state index in [0.29, 0.717) is 17.4 Å². The van der Waals surface area contributed by atoms with Gasteiger partial charge < -0.3 is 4.74 Å². The molecule has 0 unspecified atom stereocenters. The first kappa shape index (κ1) is 20.2. The number of rotatable bonds is 5. The largest absolute Gasteiger partial charge is 0.384 e. The van der Waals surface area contributed by atoms with Crippen molar-refractivity contribution in [3.8, 4) is 11.1 Å². The van der Waals surface area contributed by atoms with Gasteiger partial charge in [-0.2, -0.15) is 8.78 Å². The Hall–Kier alpha value is -1.59. The number of benzene rings is 2. The fourth-order valence-corrected chi connectivity index (χ4v) is 4.04. The van der Waals surface area contributed by atoms with Crippen molar-refractivity contribution < 1.29 is 22.3 Å². The molecule has 146 valence electrons. The average molecular weight is 401 g/mol. The predicted octanol–water partition coefficient (Wildman–Crippen LogP) is 6.84. The maximum Gasteiger partial charge on any atom is 0.353 e. The molecule has 1 saturated carbocycles. The summed E-state index contributed by atoms with van der Waals surface area (Å²) in [6, 6.07) is 9.19. The van der Waals surface area contributed by atoms with Crippen LogP contribution < -0.4 is 0 Å². The van der Waals surface area contributed by atoms with Gasteiger partial charge in [-0.05, 0) is 77.9 Å². The smallest absolute Gasteiger partial charge is 0.353 e. The second-order valence-electron chi connectivity index (χ2n) is 7.11. The zero-order chi connectivity index (χ0) is 19.6. The Bertz CT molecular complexity index is 755. The summed E-state index contributed by atoms with van der Waals surface area (Å²) >= 11 is 4.78. The molecule has 2 aromatic carbocycles. The lowest BCUT2D eigenvalue weighted by molar-refractivity contribution is 0.0859. The van der Waals surface area contributed by atoms with Crippen LogP contribution in [0.3, 0.4) is 0 Å². The molecule has 0 amide bonds. The van der Waals surface area contributed by atoms with E-state index in [1.54, 1.807) is 19.2 Å². The highest BCUT2D eigenvalue weighted by Gasteiger charge is 2.35. The zero-order valence-corrected chi connectivity index (χ0v) is 15.7. The van der Waals surface area contributed by atoms with Gasteiger partial charge >= 0.3 is 5.38 Å². The first-order valence-electron chi connectivity index (χ1n) is 8.95. The van der Waals surface area contributed by atoms with Gasteiger partial charge in [0, 0.05) is 13.7 Å². The Morgan fingerprint density at radius 2 is 1.52 bits per heavy atom. The van der Waals surface area contributed by atoms with Gasteiger partial charge in [-0.1, -0.05) is 24.3 Å². The molecule has 0 heterocycles. The van der Waals surface area contributed by atoms with E-state index in [4.69, 9.17) is 16.3 Å². The van der Waals surface area contributed by atoms with Crippen LogP contribution in [0, 0.1) is 17.6 Å². The molecule has 27 heavy (non-hydrogen) atoms.